The van der Waals surface area contributed by atoms with Gasteiger partial charge in [0.2, 0.25) is 0 Å². The molecular weight excluding hydrogens is 324 g/mol. The van der Waals surface area contributed by atoms with E-state index in [1.54, 1.807) is 4.90 Å². The fourth-order valence-corrected chi connectivity index (χ4v) is 3.66. The first-order valence-electron chi connectivity index (χ1n) is 9.06. The van der Waals surface area contributed by atoms with Crippen molar-refractivity contribution in [2.75, 3.05) is 13.1 Å². The molecular formula is C22H24N2O2. The lowest BCUT2D eigenvalue weighted by Gasteiger charge is -2.32. The molecule has 0 saturated heterocycles. The summed E-state index contributed by atoms with van der Waals surface area (Å²) >= 11 is 0. The molecule has 4 nitrogen and oxygen atoms in total. The standard InChI is InChI=1S/C22H24N2O2/c1-22(2,3)26-21(25)23-14-8-9-16(15-23)24-19-12-6-4-10-17(19)18-11-5-7-13-20(18)24/h4-13,16H,14-15H2,1-3H3. The van der Waals surface area contributed by atoms with E-state index in [0.717, 1.165) is 0 Å². The normalized spacial score (nSPS) is 17.8. The molecule has 26 heavy (non-hydrogen) atoms. The van der Waals surface area contributed by atoms with Crippen LogP contribution in [0.4, 0.5) is 4.79 Å². The second kappa shape index (κ2) is 6.20. The highest BCUT2D eigenvalue weighted by atomic mass is 16.6. The number of benzene rings is 2. The van der Waals surface area contributed by atoms with Crippen molar-refractivity contribution in [2.24, 2.45) is 0 Å². The Bertz CT molecular complexity index is 941. The van der Waals surface area contributed by atoms with Crippen LogP contribution in [-0.4, -0.2) is 34.3 Å². The van der Waals surface area contributed by atoms with Crippen molar-refractivity contribution in [2.45, 2.75) is 32.4 Å². The van der Waals surface area contributed by atoms with Crippen LogP contribution in [-0.2, 0) is 4.74 Å². The SMILES string of the molecule is CC(C)(C)OC(=O)N1CC=CC(n2c3ccccc3c3ccccc32)C1. The van der Waals surface area contributed by atoms with Gasteiger partial charge < -0.3 is 14.2 Å². The minimum absolute atomic E-state index is 0.0843. The summed E-state index contributed by atoms with van der Waals surface area (Å²) < 4.78 is 7.89. The summed E-state index contributed by atoms with van der Waals surface area (Å²) in [5.74, 6) is 0. The predicted molar refractivity (Wildman–Crippen MR) is 105 cm³/mol. The zero-order valence-corrected chi connectivity index (χ0v) is 15.5. The van der Waals surface area contributed by atoms with Crippen LogP contribution in [0.1, 0.15) is 26.8 Å². The van der Waals surface area contributed by atoms with E-state index < -0.39 is 5.60 Å². The van der Waals surface area contributed by atoms with E-state index in [9.17, 15) is 4.79 Å². The van der Waals surface area contributed by atoms with E-state index in [4.69, 9.17) is 4.74 Å². The molecule has 1 aliphatic heterocycles. The molecule has 0 bridgehead atoms. The zero-order chi connectivity index (χ0) is 18.3. The third kappa shape index (κ3) is 2.96. The molecule has 4 heteroatoms. The van der Waals surface area contributed by atoms with Gasteiger partial charge in [-0.15, -0.1) is 0 Å². The average molecular weight is 348 g/mol. The van der Waals surface area contributed by atoms with Crippen molar-refractivity contribution in [3.05, 3.63) is 60.7 Å². The first kappa shape index (κ1) is 16.7. The van der Waals surface area contributed by atoms with Crippen molar-refractivity contribution >= 4 is 27.9 Å². The molecule has 0 radical (unpaired) electrons. The number of para-hydroxylation sites is 2. The van der Waals surface area contributed by atoms with E-state index in [2.05, 4.69) is 65.3 Å². The van der Waals surface area contributed by atoms with Crippen LogP contribution in [0, 0.1) is 0 Å². The largest absolute Gasteiger partial charge is 0.444 e. The summed E-state index contributed by atoms with van der Waals surface area (Å²) in [5, 5.41) is 2.48. The van der Waals surface area contributed by atoms with Gasteiger partial charge in [-0.1, -0.05) is 48.6 Å². The first-order chi connectivity index (χ1) is 12.4. The fourth-order valence-electron chi connectivity index (χ4n) is 3.66. The highest BCUT2D eigenvalue weighted by molar-refractivity contribution is 6.08. The summed E-state index contributed by atoms with van der Waals surface area (Å²) in [5.41, 5.74) is 1.89. The van der Waals surface area contributed by atoms with Crippen LogP contribution in [0.25, 0.3) is 21.8 Å². The zero-order valence-electron chi connectivity index (χ0n) is 15.5. The van der Waals surface area contributed by atoms with Gasteiger partial charge in [-0.3, -0.25) is 0 Å². The Hall–Kier alpha value is -2.75. The monoisotopic (exact) mass is 348 g/mol. The molecule has 3 aromatic rings. The molecule has 0 fully saturated rings. The van der Waals surface area contributed by atoms with Crippen molar-refractivity contribution in [1.82, 2.24) is 9.47 Å². The van der Waals surface area contributed by atoms with Crippen LogP contribution >= 0.6 is 0 Å². The number of ether oxygens (including phenoxy) is 1. The predicted octanol–water partition coefficient (Wildman–Crippen LogP) is 5.14. The second-order valence-corrected chi connectivity index (χ2v) is 7.79. The molecule has 2 aromatic carbocycles. The van der Waals surface area contributed by atoms with Gasteiger partial charge in [0.25, 0.3) is 0 Å². The lowest BCUT2D eigenvalue weighted by Crippen LogP contribution is -2.41. The first-order valence-corrected chi connectivity index (χ1v) is 9.06. The number of amides is 1. The maximum Gasteiger partial charge on any atom is 0.410 e. The number of rotatable bonds is 1. The molecule has 0 aliphatic carbocycles. The third-order valence-corrected chi connectivity index (χ3v) is 4.69. The summed E-state index contributed by atoms with van der Waals surface area (Å²) in [6, 6.07) is 17.0. The molecule has 1 aliphatic rings. The van der Waals surface area contributed by atoms with Crippen LogP contribution in [0.2, 0.25) is 0 Å². The van der Waals surface area contributed by atoms with E-state index in [-0.39, 0.29) is 12.1 Å². The molecule has 0 saturated carbocycles. The minimum Gasteiger partial charge on any atom is -0.444 e. The Morgan fingerprint density at radius 1 is 1.00 bits per heavy atom. The van der Waals surface area contributed by atoms with Crippen LogP contribution < -0.4 is 0 Å². The fraction of sp³-hybridized carbons (Fsp3) is 0.318. The van der Waals surface area contributed by atoms with E-state index >= 15 is 0 Å². The van der Waals surface area contributed by atoms with Gasteiger partial charge in [0.1, 0.15) is 5.60 Å². The van der Waals surface area contributed by atoms with Crippen LogP contribution in [0.15, 0.2) is 60.7 Å². The maximum absolute atomic E-state index is 12.5. The lowest BCUT2D eigenvalue weighted by molar-refractivity contribution is 0.0249. The summed E-state index contributed by atoms with van der Waals surface area (Å²) in [4.78, 5) is 14.3. The summed E-state index contributed by atoms with van der Waals surface area (Å²) in [6.45, 7) is 6.88. The van der Waals surface area contributed by atoms with E-state index in [0.29, 0.717) is 13.1 Å². The van der Waals surface area contributed by atoms with Crippen molar-refractivity contribution in [3.63, 3.8) is 0 Å². The Morgan fingerprint density at radius 2 is 1.58 bits per heavy atom. The number of aromatic nitrogens is 1. The van der Waals surface area contributed by atoms with Crippen LogP contribution in [0.5, 0.6) is 0 Å². The molecule has 1 unspecified atom stereocenters. The number of nitrogens with zero attached hydrogens (tertiary/aromatic N) is 2. The van der Waals surface area contributed by atoms with Crippen LogP contribution in [0.3, 0.4) is 0 Å². The second-order valence-electron chi connectivity index (χ2n) is 7.79. The highest BCUT2D eigenvalue weighted by Crippen LogP contribution is 2.33. The van der Waals surface area contributed by atoms with Gasteiger partial charge in [-0.25, -0.2) is 4.79 Å². The lowest BCUT2D eigenvalue weighted by atomic mass is 10.1. The van der Waals surface area contributed by atoms with E-state index in [1.807, 2.05) is 20.8 Å². The molecule has 1 atom stereocenters. The Kier molecular flexibility index (Phi) is 3.98. The van der Waals surface area contributed by atoms with Crippen molar-refractivity contribution < 1.29 is 9.53 Å². The topological polar surface area (TPSA) is 34.5 Å². The van der Waals surface area contributed by atoms with E-state index in [1.165, 1.54) is 21.8 Å². The average Bonchev–Trinajstić information content (AvgIpc) is 2.95. The van der Waals surface area contributed by atoms with Crippen molar-refractivity contribution in [3.8, 4) is 0 Å². The smallest absolute Gasteiger partial charge is 0.410 e. The number of hydrogen-bond donors (Lipinski definition) is 0. The highest BCUT2D eigenvalue weighted by Gasteiger charge is 2.27. The minimum atomic E-state index is -0.486. The Morgan fingerprint density at radius 3 is 2.15 bits per heavy atom. The Labute approximate surface area is 153 Å². The molecule has 0 N–H and O–H groups in total. The summed E-state index contributed by atoms with van der Waals surface area (Å²) in [6.07, 6.45) is 3.99. The number of carbonyl (C=O) groups is 1. The van der Waals surface area contributed by atoms with Gasteiger partial charge in [0.15, 0.2) is 0 Å². The molecule has 4 rings (SSSR count). The van der Waals surface area contributed by atoms with Gasteiger partial charge in [-0.05, 0) is 32.9 Å². The van der Waals surface area contributed by atoms with Gasteiger partial charge >= 0.3 is 6.09 Å². The molecule has 0 spiro atoms. The Balaban J connectivity index is 1.74. The number of fused-ring (bicyclic) bond motifs is 3. The quantitative estimate of drug-likeness (QED) is 0.571. The van der Waals surface area contributed by atoms with Crippen molar-refractivity contribution in [1.29, 1.82) is 0 Å². The molecule has 2 heterocycles. The third-order valence-electron chi connectivity index (χ3n) is 4.69. The summed E-state index contributed by atoms with van der Waals surface area (Å²) in [7, 11) is 0. The molecule has 1 amide bonds. The van der Waals surface area contributed by atoms with Gasteiger partial charge in [0, 0.05) is 34.9 Å². The molecule has 1 aromatic heterocycles. The maximum atomic E-state index is 12.5. The number of carbonyl (C=O) groups excluding carboxylic acids is 1. The van der Waals surface area contributed by atoms with Gasteiger partial charge in [-0.2, -0.15) is 0 Å². The van der Waals surface area contributed by atoms with Gasteiger partial charge in [0.05, 0.1) is 6.04 Å². The number of hydrogen-bond acceptors (Lipinski definition) is 2. The molecule has 134 valence electrons.